The largest absolute Gasteiger partial charge is 0.504 e. The fraction of sp³-hybridized carbons (Fsp3) is 0.538. The molecule has 0 saturated carbocycles. The molecule has 4 bridgehead atoms. The van der Waals surface area contributed by atoms with Gasteiger partial charge in [-0.25, -0.2) is 0 Å². The molecule has 0 aromatic heterocycles. The summed E-state index contributed by atoms with van der Waals surface area (Å²) >= 11 is 0. The number of fused-ring (bicyclic) bond motifs is 10. The number of carbonyl (C=O) groups excluding carboxylic acids is 2. The molecule has 1 atom stereocenters. The number of aliphatic hydroxyl groups excluding tert-OH is 1. The quantitative estimate of drug-likeness (QED) is 0.381. The number of allylic oxidation sites excluding steroid dienone is 8. The van der Waals surface area contributed by atoms with E-state index in [1.165, 1.54) is 11.1 Å². The smallest absolute Gasteiger partial charge is 0.228 e. The summed E-state index contributed by atoms with van der Waals surface area (Å²) in [4.78, 5) is 26.2. The zero-order chi connectivity index (χ0) is 22.1. The van der Waals surface area contributed by atoms with Crippen LogP contribution in [0.4, 0.5) is 0 Å². The standard InChI is InChI=1S/C26H34O4/c1-16-8-6-10-17(2)12-14-19-22(27)24(29)21-20(15-13-18(3)11-7-9-16)26(4,5)30-25(21)23(19)28/h8,11-12,20,27H,6-7,9-10,13-15H2,1-5H3/b16-8-,17-12-,18-11-/t20-/m0/s1. The molecule has 1 aliphatic heterocycles. The average molecular weight is 411 g/mol. The monoisotopic (exact) mass is 410 g/mol. The van der Waals surface area contributed by atoms with Gasteiger partial charge in [-0.15, -0.1) is 0 Å². The van der Waals surface area contributed by atoms with Crippen LogP contribution in [0.25, 0.3) is 0 Å². The van der Waals surface area contributed by atoms with Crippen molar-refractivity contribution in [3.05, 3.63) is 57.6 Å². The van der Waals surface area contributed by atoms with E-state index in [-0.39, 0.29) is 29.5 Å². The molecule has 4 aliphatic rings. The Kier molecular flexibility index (Phi) is 6.54. The lowest BCUT2D eigenvalue weighted by Crippen LogP contribution is -2.31. The van der Waals surface area contributed by atoms with Crippen LogP contribution in [-0.2, 0) is 14.3 Å². The maximum atomic E-state index is 13.1. The number of ketones is 2. The molecule has 0 amide bonds. The molecule has 4 rings (SSSR count). The summed E-state index contributed by atoms with van der Waals surface area (Å²) in [5.41, 5.74) is 3.68. The van der Waals surface area contributed by atoms with Crippen LogP contribution in [0, 0.1) is 5.92 Å². The first-order chi connectivity index (χ1) is 14.1. The third kappa shape index (κ3) is 4.53. The molecule has 0 radical (unpaired) electrons. The Morgan fingerprint density at radius 3 is 2.10 bits per heavy atom. The summed E-state index contributed by atoms with van der Waals surface area (Å²) in [6, 6.07) is 0. The van der Waals surface area contributed by atoms with Crippen molar-refractivity contribution in [3.8, 4) is 0 Å². The van der Waals surface area contributed by atoms with Gasteiger partial charge in [-0.05, 0) is 79.6 Å². The summed E-state index contributed by atoms with van der Waals surface area (Å²) in [6.45, 7) is 10.2. The van der Waals surface area contributed by atoms with Crippen molar-refractivity contribution in [1.82, 2.24) is 0 Å². The number of hydrogen-bond acceptors (Lipinski definition) is 4. The van der Waals surface area contributed by atoms with Gasteiger partial charge in [0.15, 0.2) is 11.5 Å². The molecule has 3 aliphatic carbocycles. The lowest BCUT2D eigenvalue weighted by Gasteiger charge is -2.27. The maximum absolute atomic E-state index is 13.1. The van der Waals surface area contributed by atoms with E-state index in [2.05, 4.69) is 26.0 Å². The van der Waals surface area contributed by atoms with E-state index in [0.717, 1.165) is 37.7 Å². The van der Waals surface area contributed by atoms with Crippen molar-refractivity contribution in [3.63, 3.8) is 0 Å². The zero-order valence-electron chi connectivity index (χ0n) is 18.9. The van der Waals surface area contributed by atoms with Crippen LogP contribution in [0.3, 0.4) is 0 Å². The highest BCUT2D eigenvalue weighted by molar-refractivity contribution is 6.24. The van der Waals surface area contributed by atoms with Gasteiger partial charge in [-0.1, -0.05) is 34.9 Å². The first-order valence-corrected chi connectivity index (χ1v) is 11.0. The van der Waals surface area contributed by atoms with Crippen LogP contribution >= 0.6 is 0 Å². The van der Waals surface area contributed by atoms with Gasteiger partial charge < -0.3 is 9.84 Å². The molecule has 162 valence electrons. The fourth-order valence-corrected chi connectivity index (χ4v) is 4.56. The Hall–Kier alpha value is -2.36. The van der Waals surface area contributed by atoms with Gasteiger partial charge in [-0.2, -0.15) is 0 Å². The summed E-state index contributed by atoms with van der Waals surface area (Å²) in [5, 5.41) is 10.6. The van der Waals surface area contributed by atoms with Gasteiger partial charge in [0.2, 0.25) is 11.6 Å². The van der Waals surface area contributed by atoms with Crippen LogP contribution in [0.1, 0.15) is 79.6 Å². The first-order valence-electron chi connectivity index (χ1n) is 11.0. The average Bonchev–Trinajstić information content (AvgIpc) is 2.94. The van der Waals surface area contributed by atoms with Gasteiger partial charge in [0.1, 0.15) is 5.60 Å². The van der Waals surface area contributed by atoms with Gasteiger partial charge in [-0.3, -0.25) is 9.59 Å². The Morgan fingerprint density at radius 2 is 1.47 bits per heavy atom. The molecular weight excluding hydrogens is 376 g/mol. The summed E-state index contributed by atoms with van der Waals surface area (Å²) in [6.07, 6.45) is 12.2. The van der Waals surface area contributed by atoms with Crippen molar-refractivity contribution in [1.29, 1.82) is 0 Å². The Labute approximate surface area is 180 Å². The van der Waals surface area contributed by atoms with Crippen molar-refractivity contribution in [2.75, 3.05) is 0 Å². The summed E-state index contributed by atoms with van der Waals surface area (Å²) < 4.78 is 6.03. The van der Waals surface area contributed by atoms with E-state index in [9.17, 15) is 14.7 Å². The molecule has 0 spiro atoms. The van der Waals surface area contributed by atoms with E-state index in [0.29, 0.717) is 12.0 Å². The number of rotatable bonds is 0. The fourth-order valence-electron chi connectivity index (χ4n) is 4.56. The number of hydrogen-bond donors (Lipinski definition) is 1. The SMILES string of the molecule is C/C1=C/CC/C(C)=C\CC2=C(O)C(=O)C3=C(OC(C)(C)[C@H]3CC/C(C)=C\CC1)C2=O. The van der Waals surface area contributed by atoms with Crippen molar-refractivity contribution >= 4 is 11.6 Å². The van der Waals surface area contributed by atoms with E-state index >= 15 is 0 Å². The minimum Gasteiger partial charge on any atom is -0.504 e. The number of carbonyl (C=O) groups is 2. The second-order valence-electron chi connectivity index (χ2n) is 9.46. The van der Waals surface area contributed by atoms with Gasteiger partial charge in [0.05, 0.1) is 11.1 Å². The third-order valence-corrected chi connectivity index (χ3v) is 6.57. The highest BCUT2D eigenvalue weighted by Gasteiger charge is 2.51. The molecule has 0 unspecified atom stereocenters. The molecule has 4 heteroatoms. The minimum atomic E-state index is -0.653. The van der Waals surface area contributed by atoms with Crippen molar-refractivity contribution in [2.45, 2.75) is 85.2 Å². The molecule has 0 saturated heterocycles. The summed E-state index contributed by atoms with van der Waals surface area (Å²) in [7, 11) is 0. The number of ether oxygens (including phenoxy) is 1. The van der Waals surface area contributed by atoms with Gasteiger partial charge >= 0.3 is 0 Å². The molecule has 1 heterocycles. The second-order valence-corrected chi connectivity index (χ2v) is 9.46. The van der Waals surface area contributed by atoms with E-state index < -0.39 is 17.1 Å². The second kappa shape index (κ2) is 8.79. The highest BCUT2D eigenvalue weighted by Crippen LogP contribution is 2.46. The summed E-state index contributed by atoms with van der Waals surface area (Å²) in [5.74, 6) is -1.25. The van der Waals surface area contributed by atoms with E-state index in [1.54, 1.807) is 0 Å². The van der Waals surface area contributed by atoms with Gasteiger partial charge in [0, 0.05) is 5.92 Å². The Bertz CT molecular complexity index is 905. The molecule has 0 aromatic rings. The van der Waals surface area contributed by atoms with Crippen LogP contribution < -0.4 is 0 Å². The lowest BCUT2D eigenvalue weighted by molar-refractivity contribution is -0.120. The normalized spacial score (nSPS) is 31.2. The minimum absolute atomic E-state index is 0.148. The molecule has 30 heavy (non-hydrogen) atoms. The lowest BCUT2D eigenvalue weighted by atomic mass is 9.77. The predicted molar refractivity (Wildman–Crippen MR) is 119 cm³/mol. The zero-order valence-corrected chi connectivity index (χ0v) is 18.9. The predicted octanol–water partition coefficient (Wildman–Crippen LogP) is 6.21. The van der Waals surface area contributed by atoms with Gasteiger partial charge in [0.25, 0.3) is 0 Å². The van der Waals surface area contributed by atoms with Crippen LogP contribution in [0.15, 0.2) is 57.6 Å². The van der Waals surface area contributed by atoms with Crippen molar-refractivity contribution in [2.24, 2.45) is 5.92 Å². The van der Waals surface area contributed by atoms with E-state index in [4.69, 9.17) is 4.74 Å². The van der Waals surface area contributed by atoms with Crippen molar-refractivity contribution < 1.29 is 19.4 Å². The Balaban J connectivity index is 1.98. The maximum Gasteiger partial charge on any atom is 0.228 e. The molecule has 4 nitrogen and oxygen atoms in total. The number of Topliss-reactive ketones (excluding diaryl/α,β-unsaturated/α-hetero) is 2. The highest BCUT2D eigenvalue weighted by atomic mass is 16.5. The molecular formula is C26H34O4. The Morgan fingerprint density at radius 1 is 0.900 bits per heavy atom. The van der Waals surface area contributed by atoms with Crippen LogP contribution in [-0.4, -0.2) is 22.3 Å². The number of aliphatic hydroxyl groups is 1. The van der Waals surface area contributed by atoms with Crippen LogP contribution in [0.5, 0.6) is 0 Å². The molecule has 0 aromatic carbocycles. The first kappa shape index (κ1) is 22.3. The van der Waals surface area contributed by atoms with Crippen LogP contribution in [0.2, 0.25) is 0 Å². The topological polar surface area (TPSA) is 63.6 Å². The molecule has 1 N–H and O–H groups in total. The van der Waals surface area contributed by atoms with E-state index in [1.807, 2.05) is 26.8 Å². The third-order valence-electron chi connectivity index (χ3n) is 6.57. The molecule has 0 fully saturated rings.